The SMILES string of the molecule is COc1ccc(CS(=O)(=O)c2nc(N3CCOCC3)c3nc(C)n(C)c3n2)cc1. The summed E-state index contributed by atoms with van der Waals surface area (Å²) in [5.74, 6) is 1.76. The number of nitrogens with zero attached hydrogens (tertiary/aromatic N) is 5. The average molecular weight is 417 g/mol. The molecule has 29 heavy (non-hydrogen) atoms. The monoisotopic (exact) mass is 417 g/mol. The molecule has 9 nitrogen and oxygen atoms in total. The van der Waals surface area contributed by atoms with Crippen LogP contribution in [0, 0.1) is 6.92 Å². The zero-order valence-corrected chi connectivity index (χ0v) is 17.4. The first-order chi connectivity index (χ1) is 13.9. The third-order valence-electron chi connectivity index (χ3n) is 5.01. The van der Waals surface area contributed by atoms with Crippen LogP contribution in [0.5, 0.6) is 5.75 Å². The number of aryl methyl sites for hydroxylation is 2. The van der Waals surface area contributed by atoms with Gasteiger partial charge in [-0.25, -0.2) is 13.4 Å². The summed E-state index contributed by atoms with van der Waals surface area (Å²) in [7, 11) is -0.368. The first-order valence-electron chi connectivity index (χ1n) is 9.28. The number of ether oxygens (including phenoxy) is 2. The number of anilines is 1. The zero-order valence-electron chi connectivity index (χ0n) is 16.6. The lowest BCUT2D eigenvalue weighted by atomic mass is 10.2. The highest BCUT2D eigenvalue weighted by atomic mass is 32.2. The van der Waals surface area contributed by atoms with Gasteiger partial charge in [-0.3, -0.25) is 0 Å². The summed E-state index contributed by atoms with van der Waals surface area (Å²) in [6.45, 7) is 4.23. The standard InChI is InChI=1S/C19H23N5O4S/c1-13-20-16-17(23(13)2)21-19(22-18(16)24-8-10-28-11-9-24)29(25,26)12-14-4-6-15(27-3)7-5-14/h4-7H,8-12H2,1-3H3. The van der Waals surface area contributed by atoms with E-state index in [0.29, 0.717) is 54.6 Å². The third kappa shape index (κ3) is 3.77. The Bertz CT molecular complexity index is 1140. The third-order valence-corrected chi connectivity index (χ3v) is 6.46. The molecule has 0 aliphatic carbocycles. The normalized spacial score (nSPS) is 15.1. The summed E-state index contributed by atoms with van der Waals surface area (Å²) >= 11 is 0. The number of methoxy groups -OCH3 is 1. The quantitative estimate of drug-likeness (QED) is 0.576. The lowest BCUT2D eigenvalue weighted by Crippen LogP contribution is -2.37. The molecule has 0 amide bonds. The lowest BCUT2D eigenvalue weighted by Gasteiger charge is -2.28. The Morgan fingerprint density at radius 3 is 2.45 bits per heavy atom. The molecule has 4 rings (SSSR count). The van der Waals surface area contributed by atoms with Crippen molar-refractivity contribution >= 4 is 26.8 Å². The maximum atomic E-state index is 13.1. The highest BCUT2D eigenvalue weighted by Gasteiger charge is 2.26. The van der Waals surface area contributed by atoms with Gasteiger partial charge in [-0.1, -0.05) is 12.1 Å². The van der Waals surface area contributed by atoms with Crippen LogP contribution in [0.3, 0.4) is 0 Å². The Morgan fingerprint density at radius 2 is 1.79 bits per heavy atom. The Balaban J connectivity index is 1.78. The van der Waals surface area contributed by atoms with Crippen LogP contribution in [-0.4, -0.2) is 61.3 Å². The molecule has 2 aromatic heterocycles. The van der Waals surface area contributed by atoms with Crippen LogP contribution in [-0.2, 0) is 27.4 Å². The molecule has 10 heteroatoms. The van der Waals surface area contributed by atoms with E-state index < -0.39 is 9.84 Å². The number of benzene rings is 1. The minimum Gasteiger partial charge on any atom is -0.497 e. The van der Waals surface area contributed by atoms with Gasteiger partial charge in [0.15, 0.2) is 17.0 Å². The number of imidazole rings is 1. The predicted octanol–water partition coefficient (Wildman–Crippen LogP) is 1.49. The van der Waals surface area contributed by atoms with Crippen molar-refractivity contribution in [2.24, 2.45) is 7.05 Å². The molecule has 1 fully saturated rings. The van der Waals surface area contributed by atoms with Gasteiger partial charge in [-0.2, -0.15) is 9.97 Å². The smallest absolute Gasteiger partial charge is 0.251 e. The highest BCUT2D eigenvalue weighted by Crippen LogP contribution is 2.27. The van der Waals surface area contributed by atoms with Gasteiger partial charge < -0.3 is 18.9 Å². The van der Waals surface area contributed by atoms with E-state index in [0.717, 1.165) is 5.82 Å². The van der Waals surface area contributed by atoms with E-state index >= 15 is 0 Å². The summed E-state index contributed by atoms with van der Waals surface area (Å²) < 4.78 is 38.6. The molecule has 3 aromatic rings. The van der Waals surface area contributed by atoms with Gasteiger partial charge in [0, 0.05) is 20.1 Å². The molecule has 0 unspecified atom stereocenters. The van der Waals surface area contributed by atoms with Crippen LogP contribution in [0.15, 0.2) is 29.4 Å². The number of aromatic nitrogens is 4. The molecule has 154 valence electrons. The molecule has 1 aromatic carbocycles. The maximum Gasteiger partial charge on any atom is 0.251 e. The molecular formula is C19H23N5O4S. The Kier molecular flexibility index (Phi) is 5.13. The molecular weight excluding hydrogens is 394 g/mol. The number of morpholine rings is 1. The average Bonchev–Trinajstić information content (AvgIpc) is 3.02. The molecule has 0 atom stereocenters. The van der Waals surface area contributed by atoms with Crippen molar-refractivity contribution in [1.29, 1.82) is 0 Å². The first-order valence-corrected chi connectivity index (χ1v) is 10.9. The van der Waals surface area contributed by atoms with Gasteiger partial charge in [0.25, 0.3) is 5.16 Å². The van der Waals surface area contributed by atoms with Gasteiger partial charge in [0.05, 0.1) is 26.1 Å². The Morgan fingerprint density at radius 1 is 1.10 bits per heavy atom. The van der Waals surface area contributed by atoms with Gasteiger partial charge in [0.1, 0.15) is 11.6 Å². The van der Waals surface area contributed by atoms with Crippen molar-refractivity contribution in [1.82, 2.24) is 19.5 Å². The van der Waals surface area contributed by atoms with Crippen LogP contribution in [0.1, 0.15) is 11.4 Å². The second-order valence-electron chi connectivity index (χ2n) is 6.93. The van der Waals surface area contributed by atoms with Crippen molar-refractivity contribution < 1.29 is 17.9 Å². The number of rotatable bonds is 5. The summed E-state index contributed by atoms with van der Waals surface area (Å²) in [4.78, 5) is 15.4. The van der Waals surface area contributed by atoms with Crippen LogP contribution in [0.25, 0.3) is 11.2 Å². The van der Waals surface area contributed by atoms with Gasteiger partial charge in [0.2, 0.25) is 9.84 Å². The van der Waals surface area contributed by atoms with E-state index in [9.17, 15) is 8.42 Å². The summed E-state index contributed by atoms with van der Waals surface area (Å²) in [5, 5.41) is -0.190. The molecule has 1 saturated heterocycles. The van der Waals surface area contributed by atoms with Crippen LogP contribution in [0.4, 0.5) is 5.82 Å². The second-order valence-corrected chi connectivity index (χ2v) is 8.81. The van der Waals surface area contributed by atoms with Crippen LogP contribution < -0.4 is 9.64 Å². The lowest BCUT2D eigenvalue weighted by molar-refractivity contribution is 0.122. The summed E-state index contributed by atoms with van der Waals surface area (Å²) in [5.41, 5.74) is 1.76. The predicted molar refractivity (Wildman–Crippen MR) is 108 cm³/mol. The first kappa shape index (κ1) is 19.6. The summed E-state index contributed by atoms with van der Waals surface area (Å²) in [6.07, 6.45) is 0. The van der Waals surface area contributed by atoms with E-state index in [1.807, 2.05) is 18.9 Å². The van der Waals surface area contributed by atoms with Crippen LogP contribution >= 0.6 is 0 Å². The fourth-order valence-electron chi connectivity index (χ4n) is 3.28. The molecule has 1 aliphatic heterocycles. The zero-order chi connectivity index (χ0) is 20.6. The van der Waals surface area contributed by atoms with Crippen LogP contribution in [0.2, 0.25) is 0 Å². The molecule has 3 heterocycles. The minimum absolute atomic E-state index is 0.190. The van der Waals surface area contributed by atoms with E-state index in [2.05, 4.69) is 15.0 Å². The minimum atomic E-state index is -3.76. The van der Waals surface area contributed by atoms with Gasteiger partial charge in [-0.05, 0) is 24.6 Å². The second kappa shape index (κ2) is 7.60. The number of hydrogen-bond acceptors (Lipinski definition) is 8. The summed E-state index contributed by atoms with van der Waals surface area (Å²) in [6, 6.07) is 6.93. The largest absolute Gasteiger partial charge is 0.497 e. The molecule has 0 saturated carbocycles. The van der Waals surface area contributed by atoms with Crippen molar-refractivity contribution in [3.05, 3.63) is 35.7 Å². The fraction of sp³-hybridized carbons (Fsp3) is 0.421. The molecule has 0 radical (unpaired) electrons. The maximum absolute atomic E-state index is 13.1. The van der Waals surface area contributed by atoms with E-state index in [1.165, 1.54) is 0 Å². The molecule has 1 aliphatic rings. The highest BCUT2D eigenvalue weighted by molar-refractivity contribution is 7.90. The van der Waals surface area contributed by atoms with Crippen molar-refractivity contribution in [3.8, 4) is 5.75 Å². The topological polar surface area (TPSA) is 99.4 Å². The van der Waals surface area contributed by atoms with E-state index in [-0.39, 0.29) is 10.9 Å². The van der Waals surface area contributed by atoms with E-state index in [4.69, 9.17) is 9.47 Å². The molecule has 0 bridgehead atoms. The Labute approximate surface area is 169 Å². The van der Waals surface area contributed by atoms with Crippen molar-refractivity contribution in [3.63, 3.8) is 0 Å². The van der Waals surface area contributed by atoms with E-state index in [1.54, 1.807) is 35.9 Å². The van der Waals surface area contributed by atoms with Gasteiger partial charge in [-0.15, -0.1) is 0 Å². The fourth-order valence-corrected chi connectivity index (χ4v) is 4.49. The molecule has 0 N–H and O–H groups in total. The number of hydrogen-bond donors (Lipinski definition) is 0. The van der Waals surface area contributed by atoms with Crippen molar-refractivity contribution in [2.75, 3.05) is 38.3 Å². The number of sulfone groups is 1. The van der Waals surface area contributed by atoms with Gasteiger partial charge >= 0.3 is 0 Å². The molecule has 0 spiro atoms. The number of fused-ring (bicyclic) bond motifs is 1. The van der Waals surface area contributed by atoms with Crippen molar-refractivity contribution in [2.45, 2.75) is 17.8 Å². The Hall–Kier alpha value is -2.72.